The van der Waals surface area contributed by atoms with E-state index in [0.717, 1.165) is 0 Å². The van der Waals surface area contributed by atoms with Gasteiger partial charge in [0.15, 0.2) is 0 Å². The van der Waals surface area contributed by atoms with Crippen molar-refractivity contribution in [3.05, 3.63) is 0 Å². The summed E-state index contributed by atoms with van der Waals surface area (Å²) in [6.07, 6.45) is -2.42. The topological polar surface area (TPSA) is 66.4 Å². The SMILES string of the molecule is O=C(O)[C@H]1CCCC[C@H]1C(=O)NCC(F)(F)F. The largest absolute Gasteiger partial charge is 0.481 e. The fourth-order valence-corrected chi connectivity index (χ4v) is 2.06. The number of hydrogen-bond donors (Lipinski definition) is 2. The average Bonchev–Trinajstić information content (AvgIpc) is 2.25. The molecule has 0 spiro atoms. The molecular weight excluding hydrogens is 239 g/mol. The minimum absolute atomic E-state index is 0.334. The van der Waals surface area contributed by atoms with E-state index in [4.69, 9.17) is 5.11 Å². The van der Waals surface area contributed by atoms with Gasteiger partial charge in [-0.1, -0.05) is 12.8 Å². The van der Waals surface area contributed by atoms with Crippen molar-refractivity contribution in [2.75, 3.05) is 6.54 Å². The predicted molar refractivity (Wildman–Crippen MR) is 52.1 cm³/mol. The van der Waals surface area contributed by atoms with Crippen molar-refractivity contribution in [1.29, 1.82) is 0 Å². The summed E-state index contributed by atoms with van der Waals surface area (Å²) >= 11 is 0. The van der Waals surface area contributed by atoms with Crippen LogP contribution in [-0.4, -0.2) is 29.7 Å². The van der Waals surface area contributed by atoms with Crippen LogP contribution in [0.15, 0.2) is 0 Å². The van der Waals surface area contributed by atoms with Gasteiger partial charge < -0.3 is 10.4 Å². The van der Waals surface area contributed by atoms with Crippen molar-refractivity contribution in [2.24, 2.45) is 11.8 Å². The summed E-state index contributed by atoms with van der Waals surface area (Å²) in [5, 5.41) is 10.6. The first kappa shape index (κ1) is 13.8. The Bertz CT molecular complexity index is 304. The molecule has 1 amide bonds. The number of carbonyl (C=O) groups is 2. The summed E-state index contributed by atoms with van der Waals surface area (Å²) in [4.78, 5) is 22.4. The molecule has 17 heavy (non-hydrogen) atoms. The summed E-state index contributed by atoms with van der Waals surface area (Å²) in [6, 6.07) is 0. The van der Waals surface area contributed by atoms with Crippen LogP contribution in [0.2, 0.25) is 0 Å². The standard InChI is InChI=1S/C10H14F3NO3/c11-10(12,13)5-14-8(15)6-3-1-2-4-7(6)9(16)17/h6-7H,1-5H2,(H,14,15)(H,16,17)/t6-,7+/m1/s1. The molecule has 0 heterocycles. The Labute approximate surface area is 96.2 Å². The molecule has 7 heteroatoms. The number of alkyl halides is 3. The van der Waals surface area contributed by atoms with Crippen LogP contribution < -0.4 is 5.32 Å². The number of aliphatic carboxylic acids is 1. The lowest BCUT2D eigenvalue weighted by Gasteiger charge is -2.27. The van der Waals surface area contributed by atoms with Crippen molar-refractivity contribution in [3.63, 3.8) is 0 Å². The molecule has 0 radical (unpaired) electrons. The van der Waals surface area contributed by atoms with E-state index >= 15 is 0 Å². The van der Waals surface area contributed by atoms with Crippen LogP contribution in [0.1, 0.15) is 25.7 Å². The highest BCUT2D eigenvalue weighted by atomic mass is 19.4. The van der Waals surface area contributed by atoms with Gasteiger partial charge in [0.25, 0.3) is 0 Å². The number of hydrogen-bond acceptors (Lipinski definition) is 2. The van der Waals surface area contributed by atoms with Gasteiger partial charge in [0.2, 0.25) is 5.91 Å². The molecule has 98 valence electrons. The van der Waals surface area contributed by atoms with Crippen molar-refractivity contribution < 1.29 is 27.9 Å². The van der Waals surface area contributed by atoms with E-state index < -0.39 is 36.4 Å². The molecule has 1 aliphatic rings. The molecular formula is C10H14F3NO3. The lowest BCUT2D eigenvalue weighted by atomic mass is 9.79. The zero-order valence-corrected chi connectivity index (χ0v) is 9.09. The second-order valence-electron chi connectivity index (χ2n) is 4.17. The monoisotopic (exact) mass is 253 g/mol. The summed E-state index contributed by atoms with van der Waals surface area (Å²) in [5.41, 5.74) is 0. The lowest BCUT2D eigenvalue weighted by Crippen LogP contribution is -2.43. The second kappa shape index (κ2) is 5.37. The van der Waals surface area contributed by atoms with Crippen LogP contribution in [0, 0.1) is 11.8 Å². The van der Waals surface area contributed by atoms with Crippen LogP contribution in [0.25, 0.3) is 0 Å². The molecule has 1 rings (SSSR count). The first-order valence-corrected chi connectivity index (χ1v) is 5.38. The van der Waals surface area contributed by atoms with E-state index in [1.165, 1.54) is 0 Å². The first-order chi connectivity index (χ1) is 7.81. The maximum Gasteiger partial charge on any atom is 0.405 e. The third-order valence-corrected chi connectivity index (χ3v) is 2.88. The first-order valence-electron chi connectivity index (χ1n) is 5.38. The van der Waals surface area contributed by atoms with Gasteiger partial charge in [-0.25, -0.2) is 0 Å². The Balaban J connectivity index is 2.56. The quantitative estimate of drug-likeness (QED) is 0.802. The van der Waals surface area contributed by atoms with Crippen LogP contribution >= 0.6 is 0 Å². The van der Waals surface area contributed by atoms with Crippen molar-refractivity contribution in [1.82, 2.24) is 5.32 Å². The molecule has 1 aliphatic carbocycles. The van der Waals surface area contributed by atoms with Crippen molar-refractivity contribution >= 4 is 11.9 Å². The van der Waals surface area contributed by atoms with Crippen LogP contribution in [0.3, 0.4) is 0 Å². The van der Waals surface area contributed by atoms with Gasteiger partial charge in [0.1, 0.15) is 6.54 Å². The number of rotatable bonds is 3. The number of halogens is 3. The Morgan fingerprint density at radius 3 is 2.18 bits per heavy atom. The van der Waals surface area contributed by atoms with Crippen LogP contribution in [0.4, 0.5) is 13.2 Å². The van der Waals surface area contributed by atoms with Gasteiger partial charge in [-0.05, 0) is 12.8 Å². The minimum atomic E-state index is -4.47. The molecule has 1 fully saturated rings. The molecule has 0 bridgehead atoms. The number of carboxylic acids is 1. The fraction of sp³-hybridized carbons (Fsp3) is 0.800. The van der Waals surface area contributed by atoms with E-state index in [1.807, 2.05) is 0 Å². The van der Waals surface area contributed by atoms with E-state index in [-0.39, 0.29) is 0 Å². The number of amides is 1. The highest BCUT2D eigenvalue weighted by Crippen LogP contribution is 2.30. The average molecular weight is 253 g/mol. The second-order valence-corrected chi connectivity index (χ2v) is 4.17. The summed E-state index contributed by atoms with van der Waals surface area (Å²) in [5.74, 6) is -3.63. The fourth-order valence-electron chi connectivity index (χ4n) is 2.06. The highest BCUT2D eigenvalue weighted by molar-refractivity contribution is 5.84. The van der Waals surface area contributed by atoms with E-state index in [9.17, 15) is 22.8 Å². The van der Waals surface area contributed by atoms with Crippen LogP contribution in [0.5, 0.6) is 0 Å². The third-order valence-electron chi connectivity index (χ3n) is 2.88. The Morgan fingerprint density at radius 2 is 1.71 bits per heavy atom. The Morgan fingerprint density at radius 1 is 1.18 bits per heavy atom. The van der Waals surface area contributed by atoms with Gasteiger partial charge >= 0.3 is 12.1 Å². The summed E-state index contributed by atoms with van der Waals surface area (Å²) < 4.78 is 35.7. The molecule has 0 unspecified atom stereocenters. The summed E-state index contributed by atoms with van der Waals surface area (Å²) in [6.45, 7) is -1.41. The highest BCUT2D eigenvalue weighted by Gasteiger charge is 2.37. The molecule has 2 N–H and O–H groups in total. The van der Waals surface area contributed by atoms with Gasteiger partial charge in [-0.3, -0.25) is 9.59 Å². The van der Waals surface area contributed by atoms with Gasteiger partial charge in [0.05, 0.1) is 11.8 Å². The summed E-state index contributed by atoms with van der Waals surface area (Å²) in [7, 11) is 0. The third kappa shape index (κ3) is 4.24. The molecule has 0 aromatic carbocycles. The minimum Gasteiger partial charge on any atom is -0.481 e. The lowest BCUT2D eigenvalue weighted by molar-refractivity contribution is -0.151. The number of nitrogens with one attached hydrogen (secondary N) is 1. The molecule has 1 saturated carbocycles. The normalized spacial score (nSPS) is 25.4. The maximum atomic E-state index is 11.9. The van der Waals surface area contributed by atoms with Crippen LogP contribution in [-0.2, 0) is 9.59 Å². The molecule has 4 nitrogen and oxygen atoms in total. The Kier molecular flexibility index (Phi) is 4.36. The van der Waals surface area contributed by atoms with Gasteiger partial charge in [0, 0.05) is 0 Å². The maximum absolute atomic E-state index is 11.9. The number of carboxylic acid groups (broad SMARTS) is 1. The van der Waals surface area contributed by atoms with Crippen molar-refractivity contribution in [2.45, 2.75) is 31.9 Å². The molecule has 0 aliphatic heterocycles. The smallest absolute Gasteiger partial charge is 0.405 e. The molecule has 2 atom stereocenters. The zero-order chi connectivity index (χ0) is 13.1. The molecule has 0 aromatic rings. The number of carbonyl (C=O) groups excluding carboxylic acids is 1. The van der Waals surface area contributed by atoms with Gasteiger partial charge in [-0.15, -0.1) is 0 Å². The van der Waals surface area contributed by atoms with Gasteiger partial charge in [-0.2, -0.15) is 13.2 Å². The van der Waals surface area contributed by atoms with E-state index in [1.54, 1.807) is 5.32 Å². The van der Waals surface area contributed by atoms with E-state index in [2.05, 4.69) is 0 Å². The predicted octanol–water partition coefficient (Wildman–Crippen LogP) is 1.56. The molecule has 0 saturated heterocycles. The zero-order valence-electron chi connectivity index (χ0n) is 9.09. The van der Waals surface area contributed by atoms with Crippen molar-refractivity contribution in [3.8, 4) is 0 Å². The van der Waals surface area contributed by atoms with E-state index in [0.29, 0.717) is 25.7 Å². The molecule has 0 aromatic heterocycles. The Hall–Kier alpha value is -1.27.